The molecule has 1 saturated heterocycles. The van der Waals surface area contributed by atoms with E-state index in [0.29, 0.717) is 5.56 Å². The molecule has 0 saturated carbocycles. The fourth-order valence-corrected chi connectivity index (χ4v) is 2.39. The number of hydrogen-bond acceptors (Lipinski definition) is 4. The van der Waals surface area contributed by atoms with Gasteiger partial charge in [0.05, 0.1) is 5.69 Å². The van der Waals surface area contributed by atoms with E-state index in [4.69, 9.17) is 5.26 Å². The number of hydrogen-bond donors (Lipinski definition) is 0. The van der Waals surface area contributed by atoms with Gasteiger partial charge >= 0.3 is 0 Å². The highest BCUT2D eigenvalue weighted by Crippen LogP contribution is 2.26. The van der Waals surface area contributed by atoms with E-state index in [1.165, 1.54) is 0 Å². The standard InChI is InChI=1S/C12H16N4O/c1-9-11(7-13)12(15(2)14-9)16-5-3-10(8-17)4-6-16/h8,10H,3-6H2,1-2H3. The molecule has 5 nitrogen and oxygen atoms in total. The molecule has 0 radical (unpaired) electrons. The van der Waals surface area contributed by atoms with Crippen LogP contribution in [0.5, 0.6) is 0 Å². The third-order valence-corrected chi connectivity index (χ3v) is 3.34. The minimum atomic E-state index is 0.172. The second-order valence-corrected chi connectivity index (χ2v) is 4.48. The van der Waals surface area contributed by atoms with Crippen molar-refractivity contribution in [1.82, 2.24) is 9.78 Å². The highest BCUT2D eigenvalue weighted by molar-refractivity contribution is 5.59. The van der Waals surface area contributed by atoms with Crippen molar-refractivity contribution in [2.45, 2.75) is 19.8 Å². The SMILES string of the molecule is Cc1nn(C)c(N2CCC(C=O)CC2)c1C#N. The van der Waals surface area contributed by atoms with Gasteiger partial charge in [-0.15, -0.1) is 0 Å². The molecule has 17 heavy (non-hydrogen) atoms. The van der Waals surface area contributed by atoms with Crippen molar-refractivity contribution in [2.24, 2.45) is 13.0 Å². The Morgan fingerprint density at radius 1 is 1.47 bits per heavy atom. The van der Waals surface area contributed by atoms with E-state index in [9.17, 15) is 4.79 Å². The monoisotopic (exact) mass is 232 g/mol. The molecule has 2 rings (SSSR count). The van der Waals surface area contributed by atoms with Crippen LogP contribution in [0.4, 0.5) is 5.82 Å². The Kier molecular flexibility index (Phi) is 3.14. The van der Waals surface area contributed by atoms with Crippen molar-refractivity contribution in [2.75, 3.05) is 18.0 Å². The molecular weight excluding hydrogens is 216 g/mol. The number of aromatic nitrogens is 2. The summed E-state index contributed by atoms with van der Waals surface area (Å²) in [5.41, 5.74) is 1.42. The van der Waals surface area contributed by atoms with Gasteiger partial charge in [0.1, 0.15) is 23.7 Å². The summed E-state index contributed by atoms with van der Waals surface area (Å²) in [5, 5.41) is 13.4. The summed E-state index contributed by atoms with van der Waals surface area (Å²) in [6.45, 7) is 3.48. The Balaban J connectivity index is 2.24. The van der Waals surface area contributed by atoms with Crippen LogP contribution in [0.1, 0.15) is 24.1 Å². The van der Waals surface area contributed by atoms with Crippen molar-refractivity contribution in [1.29, 1.82) is 5.26 Å². The molecule has 2 heterocycles. The molecule has 0 atom stereocenters. The molecule has 5 heteroatoms. The molecule has 0 aromatic carbocycles. The van der Waals surface area contributed by atoms with E-state index in [1.807, 2.05) is 14.0 Å². The summed E-state index contributed by atoms with van der Waals surface area (Å²) < 4.78 is 1.76. The van der Waals surface area contributed by atoms with E-state index < -0.39 is 0 Å². The summed E-state index contributed by atoms with van der Waals surface area (Å²) in [7, 11) is 1.86. The molecule has 0 bridgehead atoms. The van der Waals surface area contributed by atoms with Gasteiger partial charge in [0.2, 0.25) is 0 Å². The van der Waals surface area contributed by atoms with Crippen LogP contribution in [-0.2, 0) is 11.8 Å². The van der Waals surface area contributed by atoms with Crippen molar-refractivity contribution >= 4 is 12.1 Å². The van der Waals surface area contributed by atoms with E-state index in [1.54, 1.807) is 4.68 Å². The zero-order chi connectivity index (χ0) is 12.4. The molecule has 0 spiro atoms. The van der Waals surface area contributed by atoms with Crippen molar-refractivity contribution in [3.05, 3.63) is 11.3 Å². The van der Waals surface area contributed by atoms with Crippen molar-refractivity contribution in [3.8, 4) is 6.07 Å². The quantitative estimate of drug-likeness (QED) is 0.714. The number of carbonyl (C=O) groups is 1. The van der Waals surface area contributed by atoms with Crippen LogP contribution in [0, 0.1) is 24.2 Å². The molecular formula is C12H16N4O. The average molecular weight is 232 g/mol. The fourth-order valence-electron chi connectivity index (χ4n) is 2.39. The van der Waals surface area contributed by atoms with E-state index in [-0.39, 0.29) is 5.92 Å². The molecule has 1 aromatic heterocycles. The van der Waals surface area contributed by atoms with Crippen LogP contribution in [0.2, 0.25) is 0 Å². The molecule has 1 aromatic rings. The average Bonchev–Trinajstić information content (AvgIpc) is 2.63. The Morgan fingerprint density at radius 3 is 2.65 bits per heavy atom. The topological polar surface area (TPSA) is 61.9 Å². The van der Waals surface area contributed by atoms with Gasteiger partial charge in [-0.05, 0) is 19.8 Å². The molecule has 0 N–H and O–H groups in total. The summed E-state index contributed by atoms with van der Waals surface area (Å²) >= 11 is 0. The molecule has 0 amide bonds. The van der Waals surface area contributed by atoms with Gasteiger partial charge in [-0.2, -0.15) is 10.4 Å². The normalized spacial score (nSPS) is 16.9. The molecule has 0 aliphatic carbocycles. The number of aryl methyl sites for hydroxylation is 2. The smallest absolute Gasteiger partial charge is 0.144 e. The zero-order valence-corrected chi connectivity index (χ0v) is 10.2. The number of nitriles is 1. The van der Waals surface area contributed by atoms with Gasteiger partial charge < -0.3 is 9.69 Å². The summed E-state index contributed by atoms with van der Waals surface area (Å²) in [6, 6.07) is 2.21. The minimum Gasteiger partial charge on any atom is -0.356 e. The van der Waals surface area contributed by atoms with Crippen LogP contribution in [0.25, 0.3) is 0 Å². The van der Waals surface area contributed by atoms with Gasteiger partial charge in [0, 0.05) is 26.1 Å². The molecule has 0 unspecified atom stereocenters. The predicted octanol–water partition coefficient (Wildman–Crippen LogP) is 1.02. The first kappa shape index (κ1) is 11.6. The number of anilines is 1. The maximum Gasteiger partial charge on any atom is 0.144 e. The first-order valence-electron chi connectivity index (χ1n) is 5.81. The van der Waals surface area contributed by atoms with E-state index in [0.717, 1.165) is 43.7 Å². The first-order chi connectivity index (χ1) is 8.17. The molecule has 1 aliphatic rings. The minimum absolute atomic E-state index is 0.172. The zero-order valence-electron chi connectivity index (χ0n) is 10.2. The lowest BCUT2D eigenvalue weighted by atomic mass is 9.98. The van der Waals surface area contributed by atoms with Gasteiger partial charge in [0.25, 0.3) is 0 Å². The van der Waals surface area contributed by atoms with Crippen molar-refractivity contribution in [3.63, 3.8) is 0 Å². The maximum atomic E-state index is 10.7. The van der Waals surface area contributed by atoms with Gasteiger partial charge in [-0.3, -0.25) is 4.68 Å². The lowest BCUT2D eigenvalue weighted by molar-refractivity contribution is -0.111. The number of nitrogens with zero attached hydrogens (tertiary/aromatic N) is 4. The lowest BCUT2D eigenvalue weighted by Crippen LogP contribution is -2.35. The Morgan fingerprint density at radius 2 is 2.12 bits per heavy atom. The molecule has 1 aliphatic heterocycles. The summed E-state index contributed by atoms with van der Waals surface area (Å²) in [4.78, 5) is 12.9. The fraction of sp³-hybridized carbons (Fsp3) is 0.583. The third kappa shape index (κ3) is 2.03. The lowest BCUT2D eigenvalue weighted by Gasteiger charge is -2.31. The van der Waals surface area contributed by atoms with Crippen LogP contribution < -0.4 is 4.90 Å². The largest absolute Gasteiger partial charge is 0.356 e. The predicted molar refractivity (Wildman–Crippen MR) is 63.7 cm³/mol. The van der Waals surface area contributed by atoms with Crippen LogP contribution >= 0.6 is 0 Å². The summed E-state index contributed by atoms with van der Waals surface area (Å²) in [5.74, 6) is 1.06. The third-order valence-electron chi connectivity index (χ3n) is 3.34. The number of piperidine rings is 1. The number of rotatable bonds is 2. The van der Waals surface area contributed by atoms with Crippen molar-refractivity contribution < 1.29 is 4.79 Å². The summed E-state index contributed by atoms with van der Waals surface area (Å²) in [6.07, 6.45) is 2.76. The van der Waals surface area contributed by atoms with Crippen LogP contribution in [-0.4, -0.2) is 29.2 Å². The van der Waals surface area contributed by atoms with Gasteiger partial charge in [-0.25, -0.2) is 0 Å². The highest BCUT2D eigenvalue weighted by Gasteiger charge is 2.24. The number of carbonyl (C=O) groups excluding carboxylic acids is 1. The van der Waals surface area contributed by atoms with Gasteiger partial charge in [-0.1, -0.05) is 0 Å². The van der Waals surface area contributed by atoms with Crippen LogP contribution in [0.15, 0.2) is 0 Å². The second kappa shape index (κ2) is 4.58. The van der Waals surface area contributed by atoms with E-state index in [2.05, 4.69) is 16.1 Å². The number of aldehydes is 1. The second-order valence-electron chi connectivity index (χ2n) is 4.48. The van der Waals surface area contributed by atoms with Crippen LogP contribution in [0.3, 0.4) is 0 Å². The highest BCUT2D eigenvalue weighted by atomic mass is 16.1. The molecule has 90 valence electrons. The molecule has 1 fully saturated rings. The Hall–Kier alpha value is -1.83. The van der Waals surface area contributed by atoms with E-state index >= 15 is 0 Å². The maximum absolute atomic E-state index is 10.7. The first-order valence-corrected chi connectivity index (χ1v) is 5.81. The Labute approximate surface area is 101 Å². The Bertz CT molecular complexity index is 464. The van der Waals surface area contributed by atoms with Gasteiger partial charge in [0.15, 0.2) is 0 Å².